The molecule has 8 heteroatoms. The van der Waals surface area contributed by atoms with Crippen molar-refractivity contribution in [3.05, 3.63) is 75.2 Å². The van der Waals surface area contributed by atoms with E-state index in [9.17, 15) is 4.79 Å². The van der Waals surface area contributed by atoms with Crippen molar-refractivity contribution < 1.29 is 14.0 Å². The van der Waals surface area contributed by atoms with E-state index in [0.29, 0.717) is 23.0 Å². The maximum Gasteiger partial charge on any atom is 0.444 e. The highest BCUT2D eigenvalue weighted by atomic mass is 35.5. The molecule has 0 aliphatic rings. The topological polar surface area (TPSA) is 78.9 Å². The van der Waals surface area contributed by atoms with Gasteiger partial charge >= 0.3 is 11.8 Å². The highest BCUT2D eigenvalue weighted by Crippen LogP contribution is 2.21. The maximum atomic E-state index is 11.9. The average Bonchev–Trinajstić information content (AvgIpc) is 3.03. The van der Waals surface area contributed by atoms with Crippen LogP contribution in [0.5, 0.6) is 6.08 Å². The van der Waals surface area contributed by atoms with E-state index in [2.05, 4.69) is 10.3 Å². The molecule has 2 aromatic carbocycles. The SMILES string of the molecule is COc1nn(-c2cc(/C(C)=N/OCc3ccccc3)ccc2Cl)c(=O)o1. The Morgan fingerprint density at radius 2 is 2.04 bits per heavy atom. The third-order valence-electron chi connectivity index (χ3n) is 3.57. The van der Waals surface area contributed by atoms with Gasteiger partial charge in [0.2, 0.25) is 0 Å². The molecule has 0 amide bonds. The van der Waals surface area contributed by atoms with Crippen molar-refractivity contribution in [3.63, 3.8) is 0 Å². The molecule has 0 unspecified atom stereocenters. The third kappa shape index (κ3) is 3.94. The fraction of sp³-hybridized carbons (Fsp3) is 0.167. The van der Waals surface area contributed by atoms with Gasteiger partial charge in [-0.25, -0.2) is 4.79 Å². The van der Waals surface area contributed by atoms with Gasteiger partial charge in [-0.15, -0.1) is 0 Å². The standard InChI is InChI=1S/C18H16ClN3O4/c1-12(21-25-11-13-6-4-3-5-7-13)14-8-9-15(19)16(10-14)22-18(23)26-17(20-22)24-2/h3-10H,11H2,1-2H3/b21-12+. The highest BCUT2D eigenvalue weighted by molar-refractivity contribution is 6.32. The number of oxime groups is 1. The summed E-state index contributed by atoms with van der Waals surface area (Å²) in [6.45, 7) is 2.16. The number of hydrogen-bond donors (Lipinski definition) is 0. The van der Waals surface area contributed by atoms with Gasteiger partial charge in [0.1, 0.15) is 6.61 Å². The van der Waals surface area contributed by atoms with Gasteiger partial charge < -0.3 is 14.0 Å². The molecule has 0 radical (unpaired) electrons. The molecule has 0 bridgehead atoms. The van der Waals surface area contributed by atoms with E-state index in [1.165, 1.54) is 7.11 Å². The first-order valence-corrected chi connectivity index (χ1v) is 8.11. The van der Waals surface area contributed by atoms with Crippen molar-refractivity contribution >= 4 is 17.3 Å². The molecule has 7 nitrogen and oxygen atoms in total. The lowest BCUT2D eigenvalue weighted by Crippen LogP contribution is -2.14. The molecule has 1 heterocycles. The molecule has 0 fully saturated rings. The zero-order chi connectivity index (χ0) is 18.5. The maximum absolute atomic E-state index is 11.9. The molecule has 0 aliphatic carbocycles. The Morgan fingerprint density at radius 1 is 1.27 bits per heavy atom. The van der Waals surface area contributed by atoms with Crippen LogP contribution in [0.1, 0.15) is 18.1 Å². The Balaban J connectivity index is 1.83. The summed E-state index contributed by atoms with van der Waals surface area (Å²) in [5, 5.41) is 8.37. The molecular formula is C18H16ClN3O4. The van der Waals surface area contributed by atoms with Crippen LogP contribution in [0.15, 0.2) is 62.9 Å². The number of hydrogen-bond acceptors (Lipinski definition) is 6. The first-order valence-electron chi connectivity index (χ1n) is 7.73. The van der Waals surface area contributed by atoms with Crippen molar-refractivity contribution in [1.82, 2.24) is 9.78 Å². The molecule has 1 aromatic heterocycles. The van der Waals surface area contributed by atoms with Crippen LogP contribution in [0.25, 0.3) is 5.69 Å². The van der Waals surface area contributed by atoms with Crippen LogP contribution in [0.2, 0.25) is 5.02 Å². The minimum atomic E-state index is -0.698. The number of halogens is 1. The van der Waals surface area contributed by atoms with Crippen LogP contribution >= 0.6 is 11.6 Å². The molecular weight excluding hydrogens is 358 g/mol. The Bertz CT molecular complexity index is 980. The lowest BCUT2D eigenvalue weighted by molar-refractivity contribution is 0.130. The van der Waals surface area contributed by atoms with Gasteiger partial charge in [0, 0.05) is 5.56 Å². The van der Waals surface area contributed by atoms with E-state index in [4.69, 9.17) is 25.6 Å². The fourth-order valence-corrected chi connectivity index (χ4v) is 2.42. The molecule has 134 valence electrons. The van der Waals surface area contributed by atoms with Gasteiger partial charge in [0.15, 0.2) is 0 Å². The number of ether oxygens (including phenoxy) is 1. The highest BCUT2D eigenvalue weighted by Gasteiger charge is 2.14. The Labute approximate surface area is 154 Å². The molecule has 0 saturated carbocycles. The second-order valence-corrected chi connectivity index (χ2v) is 5.76. The van der Waals surface area contributed by atoms with Crippen molar-refractivity contribution in [2.24, 2.45) is 5.16 Å². The lowest BCUT2D eigenvalue weighted by atomic mass is 10.1. The predicted molar refractivity (Wildman–Crippen MR) is 97.1 cm³/mol. The van der Waals surface area contributed by atoms with E-state index >= 15 is 0 Å². The zero-order valence-electron chi connectivity index (χ0n) is 14.2. The van der Waals surface area contributed by atoms with Crippen LogP contribution in [0.3, 0.4) is 0 Å². The molecule has 0 N–H and O–H groups in total. The largest absolute Gasteiger partial charge is 0.452 e. The summed E-state index contributed by atoms with van der Waals surface area (Å²) in [5.74, 6) is -0.698. The van der Waals surface area contributed by atoms with E-state index in [-0.39, 0.29) is 6.08 Å². The zero-order valence-corrected chi connectivity index (χ0v) is 14.9. The number of rotatable bonds is 6. The monoisotopic (exact) mass is 373 g/mol. The van der Waals surface area contributed by atoms with Gasteiger partial charge in [-0.1, -0.05) is 58.3 Å². The first kappa shape index (κ1) is 17.8. The summed E-state index contributed by atoms with van der Waals surface area (Å²) in [7, 11) is 1.36. The third-order valence-corrected chi connectivity index (χ3v) is 3.89. The van der Waals surface area contributed by atoms with Crippen molar-refractivity contribution in [1.29, 1.82) is 0 Å². The van der Waals surface area contributed by atoms with E-state index < -0.39 is 5.76 Å². The number of nitrogens with zero attached hydrogens (tertiary/aromatic N) is 3. The Kier molecular flexibility index (Phi) is 5.38. The Hall–Kier alpha value is -3.06. The van der Waals surface area contributed by atoms with Gasteiger partial charge in [-0.05, 0) is 24.6 Å². The van der Waals surface area contributed by atoms with Crippen LogP contribution in [0.4, 0.5) is 0 Å². The summed E-state index contributed by atoms with van der Waals surface area (Å²) in [6, 6.07) is 14.8. The van der Waals surface area contributed by atoms with E-state index in [1.807, 2.05) is 30.3 Å². The van der Waals surface area contributed by atoms with Gasteiger partial charge in [0.05, 0.1) is 23.5 Å². The normalized spacial score (nSPS) is 11.4. The van der Waals surface area contributed by atoms with Crippen molar-refractivity contribution in [2.75, 3.05) is 7.11 Å². The second-order valence-electron chi connectivity index (χ2n) is 5.35. The van der Waals surface area contributed by atoms with Crippen LogP contribution < -0.4 is 10.5 Å². The number of methoxy groups -OCH3 is 1. The smallest absolute Gasteiger partial charge is 0.444 e. The van der Waals surface area contributed by atoms with Gasteiger partial charge in [-0.2, -0.15) is 4.68 Å². The average molecular weight is 374 g/mol. The lowest BCUT2D eigenvalue weighted by Gasteiger charge is -2.06. The fourth-order valence-electron chi connectivity index (χ4n) is 2.23. The molecule has 0 atom stereocenters. The molecule has 0 saturated heterocycles. The van der Waals surface area contributed by atoms with Crippen molar-refractivity contribution in [3.8, 4) is 11.8 Å². The first-order chi connectivity index (χ1) is 12.6. The second kappa shape index (κ2) is 7.88. The van der Waals surface area contributed by atoms with Gasteiger partial charge in [-0.3, -0.25) is 0 Å². The molecule has 0 aliphatic heterocycles. The van der Waals surface area contributed by atoms with Gasteiger partial charge in [0.25, 0.3) is 0 Å². The molecule has 0 spiro atoms. The summed E-state index contributed by atoms with van der Waals surface area (Å²) in [6.07, 6.45) is -0.145. The molecule has 3 aromatic rings. The summed E-state index contributed by atoms with van der Waals surface area (Å²) < 4.78 is 10.7. The summed E-state index contributed by atoms with van der Waals surface area (Å²) in [5.41, 5.74) is 2.73. The number of aromatic nitrogens is 2. The van der Waals surface area contributed by atoms with Crippen LogP contribution in [-0.4, -0.2) is 22.6 Å². The van der Waals surface area contributed by atoms with E-state index in [0.717, 1.165) is 15.8 Å². The molecule has 3 rings (SSSR count). The minimum Gasteiger partial charge on any atom is -0.452 e. The van der Waals surface area contributed by atoms with E-state index in [1.54, 1.807) is 25.1 Å². The summed E-state index contributed by atoms with van der Waals surface area (Å²) >= 11 is 6.19. The quantitative estimate of drug-likeness (QED) is 0.488. The molecule has 26 heavy (non-hydrogen) atoms. The number of benzene rings is 2. The Morgan fingerprint density at radius 3 is 2.73 bits per heavy atom. The van der Waals surface area contributed by atoms with Crippen LogP contribution in [-0.2, 0) is 11.4 Å². The van der Waals surface area contributed by atoms with Crippen molar-refractivity contribution in [2.45, 2.75) is 13.5 Å². The summed E-state index contributed by atoms with van der Waals surface area (Å²) in [4.78, 5) is 17.3. The predicted octanol–water partition coefficient (Wildman–Crippen LogP) is 3.43. The minimum absolute atomic E-state index is 0.145. The van der Waals surface area contributed by atoms with Crippen LogP contribution in [0, 0.1) is 0 Å².